The highest BCUT2D eigenvalue weighted by Gasteiger charge is 2.29. The molecule has 1 rings (SSSR count). The summed E-state index contributed by atoms with van der Waals surface area (Å²) >= 11 is 0. The molecule has 20 heavy (non-hydrogen) atoms. The fourth-order valence-electron chi connectivity index (χ4n) is 1.47. The quantitative estimate of drug-likeness (QED) is 0.463. The Balaban J connectivity index is 0.00000361. The van der Waals surface area contributed by atoms with E-state index in [1.54, 1.807) is 7.05 Å². The molecule has 0 aliphatic rings. The van der Waals surface area contributed by atoms with Gasteiger partial charge in [0.2, 0.25) is 0 Å². The molecule has 0 unspecified atom stereocenters. The van der Waals surface area contributed by atoms with E-state index in [4.69, 9.17) is 0 Å². The molecule has 1 aromatic rings. The molecular formula is C13H19F3IN3. The second kappa shape index (κ2) is 8.33. The molecule has 1 aromatic carbocycles. The number of nitrogens with zero attached hydrogens (tertiary/aromatic N) is 1. The van der Waals surface area contributed by atoms with Crippen molar-refractivity contribution in [3.63, 3.8) is 0 Å². The molecule has 0 saturated carbocycles. The maximum Gasteiger partial charge on any atom is 0.416 e. The van der Waals surface area contributed by atoms with Crippen LogP contribution < -0.4 is 10.6 Å². The number of halogens is 4. The number of guanidine groups is 1. The van der Waals surface area contributed by atoms with Crippen LogP contribution in [0.25, 0.3) is 0 Å². The molecule has 0 aromatic heterocycles. The van der Waals surface area contributed by atoms with Crippen LogP contribution in [-0.4, -0.2) is 19.0 Å². The van der Waals surface area contributed by atoms with Gasteiger partial charge in [0, 0.05) is 19.6 Å². The van der Waals surface area contributed by atoms with E-state index < -0.39 is 11.7 Å². The van der Waals surface area contributed by atoms with E-state index in [1.165, 1.54) is 12.1 Å². The third kappa shape index (κ3) is 6.44. The van der Waals surface area contributed by atoms with Crippen molar-refractivity contribution in [1.82, 2.24) is 10.6 Å². The van der Waals surface area contributed by atoms with Crippen molar-refractivity contribution in [2.24, 2.45) is 4.99 Å². The Morgan fingerprint density at radius 1 is 1.20 bits per heavy atom. The number of benzene rings is 1. The smallest absolute Gasteiger partial charge is 0.354 e. The van der Waals surface area contributed by atoms with Crippen molar-refractivity contribution < 1.29 is 13.2 Å². The number of nitrogens with one attached hydrogen (secondary N) is 2. The molecule has 0 saturated heterocycles. The summed E-state index contributed by atoms with van der Waals surface area (Å²) in [6, 6.07) is 5.31. The van der Waals surface area contributed by atoms with Crippen LogP contribution in [0.4, 0.5) is 13.2 Å². The van der Waals surface area contributed by atoms with Gasteiger partial charge in [0.05, 0.1) is 5.56 Å². The van der Waals surface area contributed by atoms with Crippen LogP contribution in [0.2, 0.25) is 0 Å². The Kier molecular flexibility index (Phi) is 7.92. The van der Waals surface area contributed by atoms with Crippen LogP contribution >= 0.6 is 24.0 Å². The number of aliphatic imine (C=N–C) groups is 1. The van der Waals surface area contributed by atoms with Gasteiger partial charge < -0.3 is 10.6 Å². The lowest BCUT2D eigenvalue weighted by atomic mass is 10.1. The fourth-order valence-corrected chi connectivity index (χ4v) is 1.47. The number of hydrogen-bond donors (Lipinski definition) is 2. The molecule has 114 valence electrons. The molecule has 3 nitrogen and oxygen atoms in total. The van der Waals surface area contributed by atoms with Crippen molar-refractivity contribution in [2.75, 3.05) is 7.05 Å². The summed E-state index contributed by atoms with van der Waals surface area (Å²) in [6.45, 7) is 4.38. The van der Waals surface area contributed by atoms with E-state index in [0.29, 0.717) is 12.5 Å². The highest BCUT2D eigenvalue weighted by molar-refractivity contribution is 14.0. The van der Waals surface area contributed by atoms with Crippen LogP contribution in [0.3, 0.4) is 0 Å². The predicted octanol–water partition coefficient (Wildman–Crippen LogP) is 3.40. The topological polar surface area (TPSA) is 36.4 Å². The average Bonchev–Trinajstić information content (AvgIpc) is 2.33. The SMILES string of the molecule is CN=C(NCc1ccc(C(F)(F)F)cc1)NC(C)C.I. The standard InChI is InChI=1S/C13H18F3N3.HI/c1-9(2)19-12(17-3)18-8-10-4-6-11(7-5-10)13(14,15)16;/h4-7,9H,8H2,1-3H3,(H2,17,18,19);1H. The highest BCUT2D eigenvalue weighted by atomic mass is 127. The summed E-state index contributed by atoms with van der Waals surface area (Å²) in [5.41, 5.74) is 0.126. The third-order valence-corrected chi connectivity index (χ3v) is 2.39. The van der Waals surface area contributed by atoms with Crippen LogP contribution in [0.5, 0.6) is 0 Å². The lowest BCUT2D eigenvalue weighted by Crippen LogP contribution is -2.40. The van der Waals surface area contributed by atoms with Gasteiger partial charge in [0.1, 0.15) is 0 Å². The molecule has 0 amide bonds. The Morgan fingerprint density at radius 3 is 2.15 bits per heavy atom. The molecule has 0 heterocycles. The molecule has 0 atom stereocenters. The van der Waals surface area contributed by atoms with Crippen molar-refractivity contribution in [1.29, 1.82) is 0 Å². The fraction of sp³-hybridized carbons (Fsp3) is 0.462. The van der Waals surface area contributed by atoms with Crippen molar-refractivity contribution in [3.05, 3.63) is 35.4 Å². The normalized spacial score (nSPS) is 12.1. The van der Waals surface area contributed by atoms with Crippen molar-refractivity contribution in [3.8, 4) is 0 Å². The van der Waals surface area contributed by atoms with Gasteiger partial charge in [-0.05, 0) is 31.5 Å². The monoisotopic (exact) mass is 401 g/mol. The highest BCUT2D eigenvalue weighted by Crippen LogP contribution is 2.28. The molecule has 7 heteroatoms. The van der Waals surface area contributed by atoms with Gasteiger partial charge in [-0.25, -0.2) is 0 Å². The van der Waals surface area contributed by atoms with Crippen LogP contribution in [0.1, 0.15) is 25.0 Å². The summed E-state index contributed by atoms with van der Waals surface area (Å²) in [5.74, 6) is 0.620. The van der Waals surface area contributed by atoms with Crippen molar-refractivity contribution >= 4 is 29.9 Å². The molecular weight excluding hydrogens is 382 g/mol. The Bertz CT molecular complexity index is 427. The van der Waals surface area contributed by atoms with Gasteiger partial charge in [-0.2, -0.15) is 13.2 Å². The summed E-state index contributed by atoms with van der Waals surface area (Å²) < 4.78 is 37.2. The van der Waals surface area contributed by atoms with Crippen LogP contribution in [0.15, 0.2) is 29.3 Å². The zero-order valence-electron chi connectivity index (χ0n) is 11.6. The minimum Gasteiger partial charge on any atom is -0.354 e. The Labute approximate surface area is 134 Å². The van der Waals surface area contributed by atoms with Crippen LogP contribution in [-0.2, 0) is 12.7 Å². The molecule has 0 fully saturated rings. The van der Waals surface area contributed by atoms with E-state index >= 15 is 0 Å². The Hall–Kier alpha value is -0.990. The van der Waals surface area contributed by atoms with Gasteiger partial charge in [0.15, 0.2) is 5.96 Å². The zero-order valence-corrected chi connectivity index (χ0v) is 13.9. The second-order valence-corrected chi connectivity index (χ2v) is 4.42. The van der Waals surface area contributed by atoms with E-state index in [1.807, 2.05) is 13.8 Å². The molecule has 0 aliphatic carbocycles. The summed E-state index contributed by atoms with van der Waals surface area (Å²) in [6.07, 6.45) is -4.29. The first-order valence-electron chi connectivity index (χ1n) is 5.96. The number of rotatable bonds is 3. The largest absolute Gasteiger partial charge is 0.416 e. The molecule has 0 radical (unpaired) electrons. The van der Waals surface area contributed by atoms with Gasteiger partial charge in [-0.3, -0.25) is 4.99 Å². The number of alkyl halides is 3. The minimum absolute atomic E-state index is 0. The van der Waals surface area contributed by atoms with E-state index in [9.17, 15) is 13.2 Å². The molecule has 0 spiro atoms. The van der Waals surface area contributed by atoms with Gasteiger partial charge in [-0.15, -0.1) is 24.0 Å². The summed E-state index contributed by atoms with van der Waals surface area (Å²) in [4.78, 5) is 4.01. The number of hydrogen-bond acceptors (Lipinski definition) is 1. The minimum atomic E-state index is -4.29. The summed E-state index contributed by atoms with van der Waals surface area (Å²) in [7, 11) is 1.64. The van der Waals surface area contributed by atoms with E-state index in [0.717, 1.165) is 17.7 Å². The van der Waals surface area contributed by atoms with E-state index in [-0.39, 0.29) is 30.0 Å². The first-order chi connectivity index (χ1) is 8.82. The first kappa shape index (κ1) is 19.0. The van der Waals surface area contributed by atoms with Gasteiger partial charge in [-0.1, -0.05) is 12.1 Å². The zero-order chi connectivity index (χ0) is 14.5. The molecule has 2 N–H and O–H groups in total. The van der Waals surface area contributed by atoms with E-state index in [2.05, 4.69) is 15.6 Å². The average molecular weight is 401 g/mol. The lowest BCUT2D eigenvalue weighted by molar-refractivity contribution is -0.137. The molecule has 0 bridgehead atoms. The Morgan fingerprint density at radius 2 is 1.75 bits per heavy atom. The maximum atomic E-state index is 12.4. The van der Waals surface area contributed by atoms with Gasteiger partial charge >= 0.3 is 6.18 Å². The summed E-state index contributed by atoms with van der Waals surface area (Å²) in [5, 5.41) is 6.13. The van der Waals surface area contributed by atoms with Crippen molar-refractivity contribution in [2.45, 2.75) is 32.6 Å². The third-order valence-electron chi connectivity index (χ3n) is 2.39. The maximum absolute atomic E-state index is 12.4. The predicted molar refractivity (Wildman–Crippen MR) is 85.3 cm³/mol. The van der Waals surface area contributed by atoms with Gasteiger partial charge in [0.25, 0.3) is 0 Å². The second-order valence-electron chi connectivity index (χ2n) is 4.42. The first-order valence-corrected chi connectivity index (χ1v) is 5.96. The van der Waals surface area contributed by atoms with Crippen LogP contribution in [0, 0.1) is 0 Å². The molecule has 0 aliphatic heterocycles. The lowest BCUT2D eigenvalue weighted by Gasteiger charge is -2.14.